The van der Waals surface area contributed by atoms with E-state index in [4.69, 9.17) is 14.2 Å². The molecule has 2 saturated heterocycles. The van der Waals surface area contributed by atoms with Gasteiger partial charge in [0.05, 0.1) is 31.9 Å². The first-order chi connectivity index (χ1) is 19.9. The van der Waals surface area contributed by atoms with Crippen molar-refractivity contribution < 1.29 is 28.9 Å². The Morgan fingerprint density at radius 2 is 1.71 bits per heavy atom. The molecule has 8 heteroatoms. The van der Waals surface area contributed by atoms with Crippen molar-refractivity contribution in [3.63, 3.8) is 0 Å². The zero-order chi connectivity index (χ0) is 28.8. The van der Waals surface area contributed by atoms with E-state index < -0.39 is 17.7 Å². The molecule has 2 fully saturated rings. The van der Waals surface area contributed by atoms with Crippen molar-refractivity contribution >= 4 is 17.4 Å². The number of aliphatic hydroxyl groups is 1. The van der Waals surface area contributed by atoms with E-state index in [2.05, 4.69) is 11.0 Å². The molecule has 0 saturated carbocycles. The molecule has 3 aromatic rings. The fourth-order valence-electron chi connectivity index (χ4n) is 5.39. The second kappa shape index (κ2) is 13.0. The van der Waals surface area contributed by atoms with Gasteiger partial charge in [0.1, 0.15) is 23.9 Å². The molecular weight excluding hydrogens is 520 g/mol. The number of likely N-dealkylation sites (tertiary alicyclic amines) is 1. The van der Waals surface area contributed by atoms with Crippen LogP contribution in [0.2, 0.25) is 0 Å². The number of aliphatic hydroxyl groups excluding tert-OH is 1. The van der Waals surface area contributed by atoms with E-state index in [-0.39, 0.29) is 11.3 Å². The predicted octanol–water partition coefficient (Wildman–Crippen LogP) is 4.73. The predicted molar refractivity (Wildman–Crippen MR) is 156 cm³/mol. The lowest BCUT2D eigenvalue weighted by molar-refractivity contribution is -0.140. The monoisotopic (exact) mass is 556 g/mol. The first-order valence-electron chi connectivity index (χ1n) is 14.0. The maximum Gasteiger partial charge on any atom is 0.295 e. The van der Waals surface area contributed by atoms with E-state index in [1.807, 2.05) is 43.3 Å². The van der Waals surface area contributed by atoms with Crippen molar-refractivity contribution in [3.05, 3.63) is 101 Å². The van der Waals surface area contributed by atoms with Gasteiger partial charge in [-0.1, -0.05) is 42.0 Å². The van der Waals surface area contributed by atoms with Crippen molar-refractivity contribution in [2.45, 2.75) is 26.0 Å². The van der Waals surface area contributed by atoms with Crippen LogP contribution in [0.1, 0.15) is 34.7 Å². The molecule has 8 nitrogen and oxygen atoms in total. The van der Waals surface area contributed by atoms with E-state index in [1.54, 1.807) is 42.3 Å². The topological polar surface area (TPSA) is 88.5 Å². The Morgan fingerprint density at radius 3 is 2.44 bits per heavy atom. The number of carbonyl (C=O) groups is 2. The minimum atomic E-state index is -0.730. The molecule has 5 rings (SSSR count). The summed E-state index contributed by atoms with van der Waals surface area (Å²) >= 11 is 0. The van der Waals surface area contributed by atoms with Gasteiger partial charge in [-0.2, -0.15) is 0 Å². The average molecular weight is 557 g/mol. The maximum atomic E-state index is 13.4. The molecule has 0 radical (unpaired) electrons. The first kappa shape index (κ1) is 28.4. The molecule has 1 N–H and O–H groups in total. The molecule has 0 aliphatic carbocycles. The number of methoxy groups -OCH3 is 1. The van der Waals surface area contributed by atoms with Gasteiger partial charge in [-0.25, -0.2) is 0 Å². The van der Waals surface area contributed by atoms with Gasteiger partial charge < -0.3 is 24.2 Å². The summed E-state index contributed by atoms with van der Waals surface area (Å²) in [5, 5.41) is 11.4. The van der Waals surface area contributed by atoms with Crippen molar-refractivity contribution in [2.24, 2.45) is 0 Å². The van der Waals surface area contributed by atoms with Crippen molar-refractivity contribution in [1.29, 1.82) is 0 Å². The van der Waals surface area contributed by atoms with Gasteiger partial charge in [0.15, 0.2) is 0 Å². The van der Waals surface area contributed by atoms with Crippen LogP contribution >= 0.6 is 0 Å². The number of amides is 1. The number of Topliss-reactive ketones (excluding diaryl/α,β-unsaturated/α-hetero) is 1. The van der Waals surface area contributed by atoms with Crippen LogP contribution in [0, 0.1) is 6.92 Å². The highest BCUT2D eigenvalue weighted by molar-refractivity contribution is 6.46. The highest BCUT2D eigenvalue weighted by Gasteiger charge is 2.46. The zero-order valence-corrected chi connectivity index (χ0v) is 23.5. The van der Waals surface area contributed by atoms with Crippen molar-refractivity contribution in [2.75, 3.05) is 46.5 Å². The number of morpholine rings is 1. The van der Waals surface area contributed by atoms with E-state index in [9.17, 15) is 14.7 Å². The Bertz CT molecular complexity index is 1410. The molecule has 2 aliphatic rings. The van der Waals surface area contributed by atoms with E-state index in [0.717, 1.165) is 30.8 Å². The van der Waals surface area contributed by atoms with Gasteiger partial charge in [-0.05, 0) is 60.9 Å². The fraction of sp³-hybridized carbons (Fsp3) is 0.333. The standard InChI is InChI=1S/C33H36N2O6/c1-23-6-3-7-24(20-23)22-41-27-12-10-25(11-13-27)31(36)29-30(26-8-4-9-28(21-26)39-2)35(33(38)32(29)37)15-5-14-34-16-18-40-19-17-34/h3-4,6-13,20-21,30,36H,5,14-19,22H2,1-2H3/b31-29+/t30-/m0/s1. The molecule has 1 atom stereocenters. The Labute approximate surface area is 240 Å². The average Bonchev–Trinajstić information content (AvgIpc) is 3.25. The summed E-state index contributed by atoms with van der Waals surface area (Å²) in [6.07, 6.45) is 0.695. The lowest BCUT2D eigenvalue weighted by Gasteiger charge is -2.29. The number of benzene rings is 3. The van der Waals surface area contributed by atoms with Crippen LogP contribution in [-0.4, -0.2) is 73.1 Å². The molecule has 3 aromatic carbocycles. The van der Waals surface area contributed by atoms with Crippen LogP contribution in [0.15, 0.2) is 78.4 Å². The molecule has 0 spiro atoms. The highest BCUT2D eigenvalue weighted by Crippen LogP contribution is 2.40. The summed E-state index contributed by atoms with van der Waals surface area (Å²) in [7, 11) is 1.57. The Hall–Kier alpha value is -4.14. The second-order valence-corrected chi connectivity index (χ2v) is 10.4. The largest absolute Gasteiger partial charge is 0.507 e. The second-order valence-electron chi connectivity index (χ2n) is 10.4. The summed E-state index contributed by atoms with van der Waals surface area (Å²) < 4.78 is 16.8. The number of hydrogen-bond donors (Lipinski definition) is 1. The smallest absolute Gasteiger partial charge is 0.295 e. The van der Waals surface area contributed by atoms with Crippen LogP contribution in [-0.2, 0) is 20.9 Å². The van der Waals surface area contributed by atoms with E-state index in [1.165, 1.54) is 0 Å². The highest BCUT2D eigenvalue weighted by atomic mass is 16.5. The van der Waals surface area contributed by atoms with Crippen LogP contribution in [0.5, 0.6) is 11.5 Å². The van der Waals surface area contributed by atoms with Gasteiger partial charge >= 0.3 is 0 Å². The third-order valence-corrected chi connectivity index (χ3v) is 7.54. The summed E-state index contributed by atoms with van der Waals surface area (Å²) in [4.78, 5) is 30.6. The van der Waals surface area contributed by atoms with Gasteiger partial charge in [0.25, 0.3) is 11.7 Å². The quantitative estimate of drug-likeness (QED) is 0.220. The van der Waals surface area contributed by atoms with E-state index >= 15 is 0 Å². The summed E-state index contributed by atoms with van der Waals surface area (Å²) in [5.41, 5.74) is 3.43. The molecule has 2 heterocycles. The Balaban J connectivity index is 1.40. The third kappa shape index (κ3) is 6.61. The number of ether oxygens (including phenoxy) is 3. The molecule has 0 bridgehead atoms. The molecule has 214 valence electrons. The molecule has 0 aromatic heterocycles. The number of aryl methyl sites for hydroxylation is 1. The van der Waals surface area contributed by atoms with Crippen LogP contribution in [0.3, 0.4) is 0 Å². The van der Waals surface area contributed by atoms with Gasteiger partial charge in [0.2, 0.25) is 0 Å². The van der Waals surface area contributed by atoms with Crippen molar-refractivity contribution in [1.82, 2.24) is 9.80 Å². The van der Waals surface area contributed by atoms with Crippen molar-refractivity contribution in [3.8, 4) is 11.5 Å². The van der Waals surface area contributed by atoms with Crippen LogP contribution < -0.4 is 9.47 Å². The van der Waals surface area contributed by atoms with E-state index in [0.29, 0.717) is 55.4 Å². The first-order valence-corrected chi connectivity index (χ1v) is 14.0. The molecule has 0 unspecified atom stereocenters. The SMILES string of the molecule is COc1cccc([C@H]2/C(=C(\O)c3ccc(OCc4cccc(C)c4)cc3)C(=O)C(=O)N2CCCN2CCOCC2)c1. The summed E-state index contributed by atoms with van der Waals surface area (Å²) in [6.45, 7) is 6.72. The molecule has 1 amide bonds. The lowest BCUT2D eigenvalue weighted by atomic mass is 9.95. The normalized spacial score (nSPS) is 19.0. The van der Waals surface area contributed by atoms with Gasteiger partial charge in [-0.3, -0.25) is 14.5 Å². The molecule has 2 aliphatic heterocycles. The zero-order valence-electron chi connectivity index (χ0n) is 23.5. The molecule has 41 heavy (non-hydrogen) atoms. The minimum Gasteiger partial charge on any atom is -0.507 e. The number of carbonyl (C=O) groups excluding carboxylic acids is 2. The third-order valence-electron chi connectivity index (χ3n) is 7.54. The number of hydrogen-bond acceptors (Lipinski definition) is 7. The summed E-state index contributed by atoms with van der Waals surface area (Å²) in [5.74, 6) is -0.273. The number of rotatable bonds is 10. The van der Waals surface area contributed by atoms with Crippen LogP contribution in [0.4, 0.5) is 0 Å². The minimum absolute atomic E-state index is 0.0723. The maximum absolute atomic E-state index is 13.4. The van der Waals surface area contributed by atoms with Gasteiger partial charge in [-0.15, -0.1) is 0 Å². The van der Waals surface area contributed by atoms with Crippen LogP contribution in [0.25, 0.3) is 5.76 Å². The fourth-order valence-corrected chi connectivity index (χ4v) is 5.39. The molecular formula is C33H36N2O6. The Kier molecular flexibility index (Phi) is 9.01. The van der Waals surface area contributed by atoms with Gasteiger partial charge in [0, 0.05) is 31.7 Å². The Morgan fingerprint density at radius 1 is 0.951 bits per heavy atom. The number of ketones is 1. The lowest BCUT2D eigenvalue weighted by Crippen LogP contribution is -2.38. The summed E-state index contributed by atoms with van der Waals surface area (Å²) in [6, 6.07) is 21.6. The number of nitrogens with zero attached hydrogens (tertiary/aromatic N) is 2.